The van der Waals surface area contributed by atoms with E-state index in [0.29, 0.717) is 12.0 Å². The van der Waals surface area contributed by atoms with Crippen molar-refractivity contribution in [1.82, 2.24) is 14.9 Å². The molecule has 1 amide bonds. The molecule has 2 rings (SSSR count). The zero-order valence-corrected chi connectivity index (χ0v) is 12.2. The van der Waals surface area contributed by atoms with E-state index in [-0.39, 0.29) is 18.6 Å². The Balaban J connectivity index is 1.90. The molecule has 0 fully saturated rings. The summed E-state index contributed by atoms with van der Waals surface area (Å²) in [4.78, 5) is 16.1. The summed E-state index contributed by atoms with van der Waals surface area (Å²) in [6.07, 6.45) is 6.90. The van der Waals surface area contributed by atoms with Crippen LogP contribution >= 0.6 is 0 Å². The molecule has 1 aromatic heterocycles. The maximum absolute atomic E-state index is 12.1. The number of benzene rings is 1. The number of imidazole rings is 1. The highest BCUT2D eigenvalue weighted by Gasteiger charge is 2.09. The number of aromatic nitrogens is 2. The van der Waals surface area contributed by atoms with Gasteiger partial charge in [-0.2, -0.15) is 0 Å². The predicted molar refractivity (Wildman–Crippen MR) is 81.0 cm³/mol. The molecule has 0 aliphatic rings. The maximum Gasteiger partial charge on any atom is 0.251 e. The van der Waals surface area contributed by atoms with Crippen LogP contribution < -0.4 is 5.32 Å². The van der Waals surface area contributed by atoms with Crippen molar-refractivity contribution < 1.29 is 9.90 Å². The summed E-state index contributed by atoms with van der Waals surface area (Å²) in [5.41, 5.74) is 1.78. The molecular weight excluding hydrogens is 266 g/mol. The van der Waals surface area contributed by atoms with Crippen molar-refractivity contribution in [1.29, 1.82) is 0 Å². The molecule has 0 aliphatic carbocycles. The maximum atomic E-state index is 12.1. The molecule has 112 valence electrons. The van der Waals surface area contributed by atoms with Crippen molar-refractivity contribution in [2.24, 2.45) is 0 Å². The predicted octanol–water partition coefficient (Wildman–Crippen LogP) is 1.82. The third-order valence-corrected chi connectivity index (χ3v) is 3.31. The Morgan fingerprint density at radius 3 is 2.76 bits per heavy atom. The Bertz CT molecular complexity index is 549. The number of carbonyl (C=O) groups excluding carboxylic acids is 1. The van der Waals surface area contributed by atoms with E-state index in [2.05, 4.69) is 10.3 Å². The van der Waals surface area contributed by atoms with Crippen LogP contribution in [-0.4, -0.2) is 33.2 Å². The minimum Gasteiger partial charge on any atom is -0.396 e. The molecule has 5 nitrogen and oxygen atoms in total. The Kier molecular flexibility index (Phi) is 5.51. The van der Waals surface area contributed by atoms with Crippen molar-refractivity contribution in [3.8, 4) is 0 Å². The fraction of sp³-hybridized carbons (Fsp3) is 0.375. The van der Waals surface area contributed by atoms with Crippen LogP contribution in [-0.2, 0) is 6.54 Å². The molecule has 5 heteroatoms. The Hall–Kier alpha value is -2.14. The second-order valence-corrected chi connectivity index (χ2v) is 5.17. The van der Waals surface area contributed by atoms with Crippen molar-refractivity contribution in [2.75, 3.05) is 6.61 Å². The lowest BCUT2D eigenvalue weighted by atomic mass is 10.1. The molecule has 0 saturated heterocycles. The zero-order valence-electron chi connectivity index (χ0n) is 12.2. The highest BCUT2D eigenvalue weighted by Crippen LogP contribution is 2.07. The minimum atomic E-state index is -0.0744. The van der Waals surface area contributed by atoms with Gasteiger partial charge in [0.25, 0.3) is 5.91 Å². The van der Waals surface area contributed by atoms with Crippen LogP contribution in [0.1, 0.15) is 35.7 Å². The lowest BCUT2D eigenvalue weighted by Crippen LogP contribution is -2.32. The molecule has 1 unspecified atom stereocenters. The number of carbonyl (C=O) groups is 1. The topological polar surface area (TPSA) is 67.2 Å². The third-order valence-electron chi connectivity index (χ3n) is 3.31. The van der Waals surface area contributed by atoms with Crippen LogP contribution in [0.4, 0.5) is 0 Å². The van der Waals surface area contributed by atoms with E-state index in [1.165, 1.54) is 0 Å². The quantitative estimate of drug-likeness (QED) is 0.816. The van der Waals surface area contributed by atoms with Crippen LogP contribution in [0.5, 0.6) is 0 Å². The van der Waals surface area contributed by atoms with Crippen molar-refractivity contribution in [3.63, 3.8) is 0 Å². The van der Waals surface area contributed by atoms with Gasteiger partial charge in [0.1, 0.15) is 0 Å². The van der Waals surface area contributed by atoms with Crippen molar-refractivity contribution >= 4 is 5.91 Å². The SMILES string of the molecule is CC(CCCO)NC(=O)c1ccc(Cn2ccnc2)cc1. The van der Waals surface area contributed by atoms with Gasteiger partial charge in [-0.3, -0.25) is 4.79 Å². The van der Waals surface area contributed by atoms with Gasteiger partial charge in [-0.25, -0.2) is 4.98 Å². The van der Waals surface area contributed by atoms with E-state index in [4.69, 9.17) is 5.11 Å². The smallest absolute Gasteiger partial charge is 0.251 e. The van der Waals surface area contributed by atoms with E-state index < -0.39 is 0 Å². The summed E-state index contributed by atoms with van der Waals surface area (Å²) in [7, 11) is 0. The number of nitrogens with zero attached hydrogens (tertiary/aromatic N) is 2. The highest BCUT2D eigenvalue weighted by molar-refractivity contribution is 5.94. The number of rotatable bonds is 7. The normalized spacial score (nSPS) is 12.1. The molecule has 21 heavy (non-hydrogen) atoms. The van der Waals surface area contributed by atoms with Crippen molar-refractivity contribution in [2.45, 2.75) is 32.4 Å². The Morgan fingerprint density at radius 2 is 2.14 bits per heavy atom. The van der Waals surface area contributed by atoms with Crippen LogP contribution in [0.3, 0.4) is 0 Å². The van der Waals surface area contributed by atoms with Crippen LogP contribution in [0.2, 0.25) is 0 Å². The summed E-state index contributed by atoms with van der Waals surface area (Å²) >= 11 is 0. The van der Waals surface area contributed by atoms with E-state index in [0.717, 1.165) is 18.5 Å². The number of aliphatic hydroxyl groups is 1. The van der Waals surface area contributed by atoms with E-state index in [9.17, 15) is 4.79 Å². The average molecular weight is 287 g/mol. The Morgan fingerprint density at radius 1 is 1.38 bits per heavy atom. The summed E-state index contributed by atoms with van der Waals surface area (Å²) in [6.45, 7) is 2.85. The lowest BCUT2D eigenvalue weighted by Gasteiger charge is -2.13. The molecular formula is C16H21N3O2. The standard InChI is InChI=1S/C16H21N3O2/c1-13(3-2-10-20)18-16(21)15-6-4-14(5-7-15)11-19-9-8-17-12-19/h4-9,12-13,20H,2-3,10-11H2,1H3,(H,18,21). The van der Waals surface area contributed by atoms with Gasteiger partial charge in [0.15, 0.2) is 0 Å². The first-order valence-electron chi connectivity index (χ1n) is 7.15. The Labute approximate surface area is 124 Å². The van der Waals surface area contributed by atoms with Crippen LogP contribution in [0.15, 0.2) is 43.0 Å². The summed E-state index contributed by atoms with van der Waals surface area (Å²) in [6, 6.07) is 7.64. The average Bonchev–Trinajstić information content (AvgIpc) is 2.98. The fourth-order valence-electron chi connectivity index (χ4n) is 2.13. The van der Waals surface area contributed by atoms with Gasteiger partial charge in [0.2, 0.25) is 0 Å². The van der Waals surface area contributed by atoms with E-state index >= 15 is 0 Å². The molecule has 0 bridgehead atoms. The lowest BCUT2D eigenvalue weighted by molar-refractivity contribution is 0.0936. The number of amides is 1. The first kappa shape index (κ1) is 15.3. The minimum absolute atomic E-state index is 0.0651. The molecule has 2 aromatic rings. The molecule has 0 radical (unpaired) electrons. The van der Waals surface area contributed by atoms with E-state index in [1.807, 2.05) is 42.0 Å². The molecule has 1 aromatic carbocycles. The third kappa shape index (κ3) is 4.72. The zero-order chi connectivity index (χ0) is 15.1. The molecule has 1 heterocycles. The summed E-state index contributed by atoms with van der Waals surface area (Å²) in [5.74, 6) is -0.0744. The number of nitrogens with one attached hydrogen (secondary N) is 1. The molecule has 0 spiro atoms. The van der Waals surface area contributed by atoms with Crippen LogP contribution in [0, 0.1) is 0 Å². The van der Waals surface area contributed by atoms with Crippen molar-refractivity contribution in [3.05, 3.63) is 54.1 Å². The molecule has 0 saturated carbocycles. The number of hydrogen-bond donors (Lipinski definition) is 2. The van der Waals surface area contributed by atoms with Gasteiger partial charge in [0.05, 0.1) is 6.33 Å². The highest BCUT2D eigenvalue weighted by atomic mass is 16.3. The fourth-order valence-corrected chi connectivity index (χ4v) is 2.13. The van der Waals surface area contributed by atoms with Gasteiger partial charge in [-0.1, -0.05) is 12.1 Å². The monoisotopic (exact) mass is 287 g/mol. The largest absolute Gasteiger partial charge is 0.396 e. The molecule has 0 aliphatic heterocycles. The first-order valence-corrected chi connectivity index (χ1v) is 7.15. The van der Waals surface area contributed by atoms with Gasteiger partial charge in [-0.15, -0.1) is 0 Å². The molecule has 1 atom stereocenters. The van der Waals surface area contributed by atoms with Gasteiger partial charge in [0, 0.05) is 37.2 Å². The van der Waals surface area contributed by atoms with Crippen LogP contribution in [0.25, 0.3) is 0 Å². The first-order chi connectivity index (χ1) is 10.2. The summed E-state index contributed by atoms with van der Waals surface area (Å²) < 4.78 is 1.98. The number of aliphatic hydroxyl groups excluding tert-OH is 1. The molecule has 2 N–H and O–H groups in total. The van der Waals surface area contributed by atoms with Gasteiger partial charge in [-0.05, 0) is 37.5 Å². The second-order valence-electron chi connectivity index (χ2n) is 5.17. The van der Waals surface area contributed by atoms with Gasteiger partial charge >= 0.3 is 0 Å². The van der Waals surface area contributed by atoms with Gasteiger partial charge < -0.3 is 15.0 Å². The second kappa shape index (κ2) is 7.59. The summed E-state index contributed by atoms with van der Waals surface area (Å²) in [5, 5.41) is 11.7. The van der Waals surface area contributed by atoms with E-state index in [1.54, 1.807) is 12.5 Å². The number of hydrogen-bond acceptors (Lipinski definition) is 3.